The van der Waals surface area contributed by atoms with Crippen molar-refractivity contribution in [1.82, 2.24) is 9.97 Å². The van der Waals surface area contributed by atoms with Crippen LogP contribution in [0.3, 0.4) is 0 Å². The van der Waals surface area contributed by atoms with E-state index in [9.17, 15) is 9.59 Å². The van der Waals surface area contributed by atoms with E-state index in [2.05, 4.69) is 15.3 Å². The second-order valence-corrected chi connectivity index (χ2v) is 4.73. The van der Waals surface area contributed by atoms with Gasteiger partial charge in [0.05, 0.1) is 11.1 Å². The van der Waals surface area contributed by atoms with E-state index in [1.807, 2.05) is 0 Å². The highest BCUT2D eigenvalue weighted by molar-refractivity contribution is 5.87. The molecule has 0 unspecified atom stereocenters. The maximum atomic E-state index is 11.7. The van der Waals surface area contributed by atoms with Crippen molar-refractivity contribution in [1.29, 1.82) is 0 Å². The Morgan fingerprint density at radius 3 is 2.55 bits per heavy atom. The molecule has 0 aliphatic rings. The normalized spacial score (nSPS) is 10.4. The third-order valence-corrected chi connectivity index (χ3v) is 3.13. The zero-order valence-corrected chi connectivity index (χ0v) is 11.8. The Morgan fingerprint density at radius 1 is 1.27 bits per heavy atom. The lowest BCUT2D eigenvalue weighted by Crippen LogP contribution is -2.20. The fourth-order valence-corrected chi connectivity index (χ4v) is 2.00. The number of carboxylic acid groups (broad SMARTS) is 1. The first-order valence-electron chi connectivity index (χ1n) is 6.68. The van der Waals surface area contributed by atoms with Gasteiger partial charge >= 0.3 is 5.97 Å². The quantitative estimate of drug-likeness (QED) is 0.493. The molecule has 0 aliphatic heterocycles. The van der Waals surface area contributed by atoms with Crippen molar-refractivity contribution in [2.75, 3.05) is 23.3 Å². The minimum Gasteiger partial charge on any atom is -0.478 e. The molecule has 8 heteroatoms. The number of nitrogens with zero attached hydrogens (tertiary/aromatic N) is 1. The van der Waals surface area contributed by atoms with Crippen LogP contribution < -0.4 is 22.3 Å². The number of nitrogen functional groups attached to an aromatic ring is 2. The summed E-state index contributed by atoms with van der Waals surface area (Å²) in [6.45, 7) is 0.607. The summed E-state index contributed by atoms with van der Waals surface area (Å²) in [6.07, 6.45) is 1.13. The number of aromatic amines is 1. The van der Waals surface area contributed by atoms with Gasteiger partial charge in [-0.1, -0.05) is 0 Å². The van der Waals surface area contributed by atoms with Crippen LogP contribution >= 0.6 is 0 Å². The van der Waals surface area contributed by atoms with Crippen molar-refractivity contribution in [3.8, 4) is 0 Å². The SMILES string of the molecule is Nc1nc(N)c(CCCNc2ccc(C(=O)O)cc2)c(=O)[nH]1. The van der Waals surface area contributed by atoms with Gasteiger partial charge in [0.1, 0.15) is 5.82 Å². The van der Waals surface area contributed by atoms with Crippen molar-refractivity contribution >= 4 is 23.4 Å². The summed E-state index contributed by atoms with van der Waals surface area (Å²) in [5.74, 6) is -0.813. The number of benzene rings is 1. The second kappa shape index (κ2) is 6.61. The molecule has 0 radical (unpaired) electrons. The van der Waals surface area contributed by atoms with E-state index in [-0.39, 0.29) is 22.9 Å². The molecule has 22 heavy (non-hydrogen) atoms. The predicted octanol–water partition coefficient (Wildman–Crippen LogP) is 0.677. The van der Waals surface area contributed by atoms with Gasteiger partial charge in [0, 0.05) is 12.2 Å². The summed E-state index contributed by atoms with van der Waals surface area (Å²) < 4.78 is 0. The molecule has 0 saturated heterocycles. The van der Waals surface area contributed by atoms with E-state index in [0.29, 0.717) is 24.9 Å². The maximum absolute atomic E-state index is 11.7. The predicted molar refractivity (Wildman–Crippen MR) is 83.9 cm³/mol. The molecular formula is C14H17N5O3. The Labute approximate surface area is 126 Å². The molecule has 7 N–H and O–H groups in total. The number of hydrogen-bond acceptors (Lipinski definition) is 6. The van der Waals surface area contributed by atoms with Crippen molar-refractivity contribution in [3.63, 3.8) is 0 Å². The number of carboxylic acids is 1. The van der Waals surface area contributed by atoms with Crippen molar-refractivity contribution < 1.29 is 9.90 Å². The molecule has 1 heterocycles. The van der Waals surface area contributed by atoms with E-state index in [4.69, 9.17) is 16.6 Å². The van der Waals surface area contributed by atoms with Gasteiger partial charge in [-0.25, -0.2) is 4.79 Å². The molecule has 1 aromatic carbocycles. The molecule has 0 aliphatic carbocycles. The zero-order valence-electron chi connectivity index (χ0n) is 11.8. The van der Waals surface area contributed by atoms with Crippen molar-refractivity contribution in [3.05, 3.63) is 45.7 Å². The number of carbonyl (C=O) groups is 1. The Kier molecular flexibility index (Phi) is 4.62. The molecule has 0 atom stereocenters. The first-order valence-corrected chi connectivity index (χ1v) is 6.68. The molecule has 0 amide bonds. The number of nitrogens with one attached hydrogen (secondary N) is 2. The fraction of sp³-hybridized carbons (Fsp3) is 0.214. The number of H-pyrrole nitrogens is 1. The molecule has 8 nitrogen and oxygen atoms in total. The molecule has 1 aromatic heterocycles. The molecule has 0 saturated carbocycles. The highest BCUT2D eigenvalue weighted by Crippen LogP contribution is 2.11. The average molecular weight is 303 g/mol. The van der Waals surface area contributed by atoms with Crippen LogP contribution in [0.5, 0.6) is 0 Å². The summed E-state index contributed by atoms with van der Waals surface area (Å²) in [4.78, 5) is 28.7. The minimum atomic E-state index is -0.961. The molecule has 116 valence electrons. The molecule has 2 rings (SSSR count). The van der Waals surface area contributed by atoms with Crippen LogP contribution in [0.1, 0.15) is 22.3 Å². The molecule has 0 fully saturated rings. The molecular weight excluding hydrogens is 286 g/mol. The van der Waals surface area contributed by atoms with Gasteiger partial charge in [-0.15, -0.1) is 0 Å². The van der Waals surface area contributed by atoms with Gasteiger partial charge in [-0.05, 0) is 37.1 Å². The van der Waals surface area contributed by atoms with Crippen molar-refractivity contribution in [2.45, 2.75) is 12.8 Å². The zero-order chi connectivity index (χ0) is 16.1. The number of aromatic nitrogens is 2. The summed E-state index contributed by atoms with van der Waals surface area (Å²) in [7, 11) is 0. The van der Waals surface area contributed by atoms with Gasteiger partial charge in [0.2, 0.25) is 5.95 Å². The van der Waals surface area contributed by atoms with E-state index in [1.165, 1.54) is 12.1 Å². The summed E-state index contributed by atoms with van der Waals surface area (Å²) in [5.41, 5.74) is 12.2. The van der Waals surface area contributed by atoms with E-state index < -0.39 is 5.97 Å². The Balaban J connectivity index is 1.87. The lowest BCUT2D eigenvalue weighted by Gasteiger charge is -2.07. The lowest BCUT2D eigenvalue weighted by atomic mass is 10.1. The summed E-state index contributed by atoms with van der Waals surface area (Å²) >= 11 is 0. The first-order chi connectivity index (χ1) is 10.5. The second-order valence-electron chi connectivity index (χ2n) is 4.73. The van der Waals surface area contributed by atoms with Crippen LogP contribution in [0, 0.1) is 0 Å². The van der Waals surface area contributed by atoms with Crippen LogP contribution in [0.4, 0.5) is 17.5 Å². The Morgan fingerprint density at radius 2 is 1.95 bits per heavy atom. The molecule has 2 aromatic rings. The number of rotatable bonds is 6. The smallest absolute Gasteiger partial charge is 0.335 e. The van der Waals surface area contributed by atoms with Gasteiger partial charge in [-0.3, -0.25) is 9.78 Å². The van der Waals surface area contributed by atoms with Crippen LogP contribution in [0.2, 0.25) is 0 Å². The first kappa shape index (κ1) is 15.4. The van der Waals surface area contributed by atoms with E-state index in [1.54, 1.807) is 12.1 Å². The molecule has 0 bridgehead atoms. The van der Waals surface area contributed by atoms with E-state index in [0.717, 1.165) is 5.69 Å². The van der Waals surface area contributed by atoms with Crippen LogP contribution in [0.15, 0.2) is 29.1 Å². The molecule has 0 spiro atoms. The topological polar surface area (TPSA) is 147 Å². The Bertz CT molecular complexity index is 724. The van der Waals surface area contributed by atoms with Crippen molar-refractivity contribution in [2.24, 2.45) is 0 Å². The van der Waals surface area contributed by atoms with E-state index >= 15 is 0 Å². The monoisotopic (exact) mass is 303 g/mol. The van der Waals surface area contributed by atoms with Crippen LogP contribution in [0.25, 0.3) is 0 Å². The summed E-state index contributed by atoms with van der Waals surface area (Å²) in [5, 5.41) is 11.9. The average Bonchev–Trinajstić information content (AvgIpc) is 2.46. The third kappa shape index (κ3) is 3.75. The highest BCUT2D eigenvalue weighted by Gasteiger charge is 2.07. The lowest BCUT2D eigenvalue weighted by molar-refractivity contribution is 0.0697. The maximum Gasteiger partial charge on any atom is 0.335 e. The van der Waals surface area contributed by atoms with Gasteiger partial charge < -0.3 is 21.9 Å². The largest absolute Gasteiger partial charge is 0.478 e. The highest BCUT2D eigenvalue weighted by atomic mass is 16.4. The minimum absolute atomic E-state index is 0.00268. The van der Waals surface area contributed by atoms with Crippen LogP contribution in [-0.4, -0.2) is 27.6 Å². The summed E-state index contributed by atoms with van der Waals surface area (Å²) in [6, 6.07) is 6.43. The number of aromatic carboxylic acids is 1. The number of anilines is 3. The van der Waals surface area contributed by atoms with Crippen LogP contribution in [-0.2, 0) is 6.42 Å². The van der Waals surface area contributed by atoms with Gasteiger partial charge in [0.15, 0.2) is 0 Å². The van der Waals surface area contributed by atoms with Gasteiger partial charge in [0.25, 0.3) is 5.56 Å². The third-order valence-electron chi connectivity index (χ3n) is 3.13. The number of nitrogens with two attached hydrogens (primary N) is 2. The van der Waals surface area contributed by atoms with Gasteiger partial charge in [-0.2, -0.15) is 4.98 Å². The standard InChI is InChI=1S/C14H17N5O3/c15-11-10(12(20)19-14(16)18-11)2-1-7-17-9-5-3-8(4-6-9)13(21)22/h3-6,17H,1-2,7H2,(H,21,22)(H5,15,16,18,19,20). The number of hydrogen-bond donors (Lipinski definition) is 5. The Hall–Kier alpha value is -3.03. The fourth-order valence-electron chi connectivity index (χ4n) is 2.00.